The summed E-state index contributed by atoms with van der Waals surface area (Å²) >= 11 is 0. The molecule has 4 N–H and O–H groups in total. The van der Waals surface area contributed by atoms with Crippen LogP contribution < -0.4 is 10.9 Å². The van der Waals surface area contributed by atoms with Crippen LogP contribution in [0.25, 0.3) is 21.8 Å². The predicted molar refractivity (Wildman–Crippen MR) is 185 cm³/mol. The summed E-state index contributed by atoms with van der Waals surface area (Å²) in [5.41, 5.74) is 0.712. The molecule has 14 nitrogen and oxygen atoms in total. The summed E-state index contributed by atoms with van der Waals surface area (Å²) < 4.78 is 96.9. The molecule has 1 aliphatic carbocycles. The second-order valence-corrected chi connectivity index (χ2v) is 12.9. The molecule has 1 aromatic carbocycles. The third kappa shape index (κ3) is 14.0. The summed E-state index contributed by atoms with van der Waals surface area (Å²) in [5.74, 6) is -7.76. The highest BCUT2D eigenvalue weighted by molar-refractivity contribution is 6.04. The molecule has 2 aromatic heterocycles. The first kappa shape index (κ1) is 47.9. The number of nitriles is 1. The zero-order valence-corrected chi connectivity index (χ0v) is 30.6. The van der Waals surface area contributed by atoms with Crippen LogP contribution in [0.5, 0.6) is 0 Å². The van der Waals surface area contributed by atoms with Crippen LogP contribution in [0.2, 0.25) is 0 Å². The Morgan fingerprint density at radius 1 is 0.842 bits per heavy atom. The summed E-state index contributed by atoms with van der Waals surface area (Å²) in [7, 11) is 2.16. The molecular formula is C34H40F9N7O7. The summed E-state index contributed by atoms with van der Waals surface area (Å²) in [4.78, 5) is 55.1. The van der Waals surface area contributed by atoms with Crippen molar-refractivity contribution in [3.8, 4) is 6.07 Å². The number of unbranched alkanes of at least 4 members (excludes halogenated alkanes) is 1. The topological polar surface area (TPSA) is 202 Å². The van der Waals surface area contributed by atoms with Crippen LogP contribution >= 0.6 is 0 Å². The Morgan fingerprint density at radius 3 is 1.81 bits per heavy atom. The van der Waals surface area contributed by atoms with Crippen LogP contribution in [-0.4, -0.2) is 116 Å². The van der Waals surface area contributed by atoms with E-state index in [1.165, 1.54) is 0 Å². The monoisotopic (exact) mass is 829 g/mol. The third-order valence-corrected chi connectivity index (χ3v) is 8.65. The number of nitrogens with one attached hydrogen (secondary N) is 1. The van der Waals surface area contributed by atoms with E-state index in [2.05, 4.69) is 46.2 Å². The van der Waals surface area contributed by atoms with Gasteiger partial charge in [0.05, 0.1) is 6.07 Å². The standard InChI is InChI=1S/C28H37N7O.3C2HF3O2/c1-3-4-12-30-27-31-18-24-22-9-8-21(19-34-15-13-33(2)14-16-34)17-23(22)26(36)35(25(24)32-27)28(20-29)10-6-5-7-11-28;3*3-2(4,5)1(6)7/h8-9,17-18H,3-7,10-16,19H2,1-2H3,(H,30,31,32);3*(H,6,7). The van der Waals surface area contributed by atoms with E-state index < -0.39 is 42.0 Å². The molecule has 316 valence electrons. The number of hydrogen-bond donors (Lipinski definition) is 4. The molecule has 5 rings (SSSR count). The first-order chi connectivity index (χ1) is 26.4. The number of carboxylic acid groups (broad SMARTS) is 3. The summed E-state index contributed by atoms with van der Waals surface area (Å²) in [6.07, 6.45) is -7.01. The van der Waals surface area contributed by atoms with E-state index in [0.717, 1.165) is 87.7 Å². The van der Waals surface area contributed by atoms with Crippen molar-refractivity contribution in [2.45, 2.75) is 82.5 Å². The van der Waals surface area contributed by atoms with Gasteiger partial charge in [0, 0.05) is 56.2 Å². The molecule has 1 aliphatic heterocycles. The Balaban J connectivity index is 0.000000438. The van der Waals surface area contributed by atoms with Crippen molar-refractivity contribution in [2.24, 2.45) is 0 Å². The Bertz CT molecular complexity index is 1890. The van der Waals surface area contributed by atoms with Gasteiger partial charge in [0.15, 0.2) is 0 Å². The van der Waals surface area contributed by atoms with Crippen LogP contribution in [0.1, 0.15) is 57.4 Å². The lowest BCUT2D eigenvalue weighted by Gasteiger charge is -2.34. The number of benzene rings is 1. The Morgan fingerprint density at radius 2 is 1.35 bits per heavy atom. The molecule has 57 heavy (non-hydrogen) atoms. The molecule has 2 aliphatic rings. The Hall–Kier alpha value is -5.24. The fourth-order valence-corrected chi connectivity index (χ4v) is 5.70. The van der Waals surface area contributed by atoms with E-state index >= 15 is 0 Å². The number of halogens is 9. The van der Waals surface area contributed by atoms with Gasteiger partial charge in [-0.1, -0.05) is 44.7 Å². The van der Waals surface area contributed by atoms with E-state index in [0.29, 0.717) is 29.8 Å². The highest BCUT2D eigenvalue weighted by Crippen LogP contribution is 2.37. The Kier molecular flexibility index (Phi) is 17.0. The van der Waals surface area contributed by atoms with E-state index in [4.69, 9.17) is 34.7 Å². The second kappa shape index (κ2) is 20.3. The predicted octanol–water partition coefficient (Wildman–Crippen LogP) is 5.99. The van der Waals surface area contributed by atoms with Crippen LogP contribution in [-0.2, 0) is 26.5 Å². The number of carbonyl (C=O) groups is 3. The maximum absolute atomic E-state index is 14.2. The molecular weight excluding hydrogens is 789 g/mol. The summed E-state index contributed by atoms with van der Waals surface area (Å²) in [6, 6.07) is 8.76. The van der Waals surface area contributed by atoms with Crippen molar-refractivity contribution in [3.63, 3.8) is 0 Å². The molecule has 3 aromatic rings. The average Bonchev–Trinajstić information content (AvgIpc) is 3.13. The maximum Gasteiger partial charge on any atom is 0.490 e. The quantitative estimate of drug-likeness (QED) is 0.123. The summed E-state index contributed by atoms with van der Waals surface area (Å²) in [5, 5.41) is 37.4. The molecule has 23 heteroatoms. The molecule has 0 radical (unpaired) electrons. The number of rotatable bonds is 7. The van der Waals surface area contributed by atoms with E-state index in [1.54, 1.807) is 4.57 Å². The normalized spacial score (nSPS) is 16.1. The molecule has 0 amide bonds. The minimum absolute atomic E-state index is 0.112. The van der Waals surface area contributed by atoms with Crippen LogP contribution in [0.3, 0.4) is 0 Å². The zero-order chi connectivity index (χ0) is 43.4. The molecule has 0 spiro atoms. The highest BCUT2D eigenvalue weighted by Gasteiger charge is 2.40. The van der Waals surface area contributed by atoms with Crippen LogP contribution in [0, 0.1) is 11.3 Å². The maximum atomic E-state index is 14.2. The zero-order valence-electron chi connectivity index (χ0n) is 30.6. The van der Waals surface area contributed by atoms with Crippen molar-refractivity contribution < 1.29 is 69.2 Å². The number of carboxylic acids is 3. The SMILES string of the molecule is CCCCNc1ncc2c3ccc(CN4CCN(C)CC4)cc3c(=O)n(C3(C#N)CCCCC3)c2n1.O=C(O)C(F)(F)F.O=C(O)C(F)(F)F.O=C(O)C(F)(F)F. The van der Waals surface area contributed by atoms with E-state index in [1.807, 2.05) is 18.3 Å². The van der Waals surface area contributed by atoms with Crippen molar-refractivity contribution in [3.05, 3.63) is 40.3 Å². The van der Waals surface area contributed by atoms with Gasteiger partial charge in [-0.25, -0.2) is 19.4 Å². The van der Waals surface area contributed by atoms with Gasteiger partial charge < -0.3 is 25.5 Å². The number of hydrogen-bond acceptors (Lipinski definition) is 10. The van der Waals surface area contributed by atoms with Gasteiger partial charge in [0.1, 0.15) is 11.2 Å². The van der Waals surface area contributed by atoms with Gasteiger partial charge >= 0.3 is 36.4 Å². The minimum Gasteiger partial charge on any atom is -0.475 e. The van der Waals surface area contributed by atoms with E-state index in [-0.39, 0.29) is 5.56 Å². The minimum atomic E-state index is -5.08. The molecule has 0 atom stereocenters. The number of aliphatic carboxylic acids is 3. The first-order valence-corrected chi connectivity index (χ1v) is 17.2. The molecule has 0 unspecified atom stereocenters. The molecule has 2 fully saturated rings. The fraction of sp³-hybridized carbons (Fsp3) is 0.559. The van der Waals surface area contributed by atoms with Gasteiger partial charge in [0.2, 0.25) is 5.95 Å². The van der Waals surface area contributed by atoms with Crippen molar-refractivity contribution in [1.82, 2.24) is 24.3 Å². The number of anilines is 1. The summed E-state index contributed by atoms with van der Waals surface area (Å²) in [6.45, 7) is 7.90. The first-order valence-electron chi connectivity index (χ1n) is 17.2. The lowest BCUT2D eigenvalue weighted by Crippen LogP contribution is -2.44. The molecule has 1 saturated heterocycles. The molecule has 0 bridgehead atoms. The number of aromatic nitrogens is 3. The highest BCUT2D eigenvalue weighted by atomic mass is 19.4. The number of pyridine rings is 1. The van der Waals surface area contributed by atoms with Gasteiger partial charge in [-0.2, -0.15) is 49.8 Å². The van der Waals surface area contributed by atoms with Crippen molar-refractivity contribution >= 4 is 45.7 Å². The number of alkyl halides is 9. The largest absolute Gasteiger partial charge is 0.490 e. The fourth-order valence-electron chi connectivity index (χ4n) is 5.70. The molecule has 3 heterocycles. The van der Waals surface area contributed by atoms with E-state index in [9.17, 15) is 49.6 Å². The van der Waals surface area contributed by atoms with Crippen molar-refractivity contribution in [2.75, 3.05) is 45.1 Å². The Labute approximate surface area is 318 Å². The van der Waals surface area contributed by atoms with Gasteiger partial charge in [0.25, 0.3) is 5.56 Å². The van der Waals surface area contributed by atoms with Crippen LogP contribution in [0.4, 0.5) is 45.5 Å². The molecule has 1 saturated carbocycles. The number of likely N-dealkylation sites (N-methyl/N-ethyl adjacent to an activating group) is 1. The van der Waals surface area contributed by atoms with Gasteiger partial charge in [-0.05, 0) is 43.3 Å². The number of nitrogens with zero attached hydrogens (tertiary/aromatic N) is 6. The number of fused-ring (bicyclic) bond motifs is 3. The smallest absolute Gasteiger partial charge is 0.475 e. The van der Waals surface area contributed by atoms with Gasteiger partial charge in [-0.3, -0.25) is 14.3 Å². The van der Waals surface area contributed by atoms with Crippen LogP contribution in [0.15, 0.2) is 29.2 Å². The van der Waals surface area contributed by atoms with Crippen molar-refractivity contribution in [1.29, 1.82) is 5.26 Å². The third-order valence-electron chi connectivity index (χ3n) is 8.65. The van der Waals surface area contributed by atoms with Gasteiger partial charge in [-0.15, -0.1) is 0 Å². The average molecular weight is 830 g/mol. The second-order valence-electron chi connectivity index (χ2n) is 12.9. The number of piperazine rings is 1. The lowest BCUT2D eigenvalue weighted by molar-refractivity contribution is -0.193. The lowest BCUT2D eigenvalue weighted by atomic mass is 9.82.